The number of hydrogen-bond donors (Lipinski definition) is 3. The standard InChI is InChI=1S/C6H10N2O3/c7-6(11)8-4(5(9)10)3-1-2-3/h3-4H,1-2H2,(H,9,10)(H3,7,8,11). The highest BCUT2D eigenvalue weighted by molar-refractivity contribution is 5.82. The van der Waals surface area contributed by atoms with Crippen molar-refractivity contribution in [2.24, 2.45) is 11.7 Å². The van der Waals surface area contributed by atoms with Gasteiger partial charge in [-0.2, -0.15) is 0 Å². The minimum Gasteiger partial charge on any atom is -0.480 e. The molecule has 1 rings (SSSR count). The fourth-order valence-corrected chi connectivity index (χ4v) is 0.964. The van der Waals surface area contributed by atoms with Crippen LogP contribution in [0.25, 0.3) is 0 Å². The Morgan fingerprint density at radius 2 is 2.09 bits per heavy atom. The SMILES string of the molecule is NC(=O)NC(C(=O)O)C1CC1. The van der Waals surface area contributed by atoms with E-state index in [0.29, 0.717) is 0 Å². The van der Waals surface area contributed by atoms with Gasteiger partial charge in [0.05, 0.1) is 0 Å². The smallest absolute Gasteiger partial charge is 0.326 e. The lowest BCUT2D eigenvalue weighted by atomic mass is 10.2. The maximum atomic E-state index is 10.4. The van der Waals surface area contributed by atoms with Crippen LogP contribution in [0.5, 0.6) is 0 Å². The Morgan fingerprint density at radius 1 is 1.55 bits per heavy atom. The van der Waals surface area contributed by atoms with E-state index in [1.165, 1.54) is 0 Å². The summed E-state index contributed by atoms with van der Waals surface area (Å²) in [5, 5.41) is 10.7. The number of primary amides is 1. The van der Waals surface area contributed by atoms with Gasteiger partial charge in [-0.25, -0.2) is 9.59 Å². The van der Waals surface area contributed by atoms with Crippen LogP contribution in [0.15, 0.2) is 0 Å². The molecule has 2 amide bonds. The topological polar surface area (TPSA) is 92.4 Å². The molecule has 1 saturated carbocycles. The van der Waals surface area contributed by atoms with Crippen LogP contribution in [-0.4, -0.2) is 23.1 Å². The third kappa shape index (κ3) is 2.10. The molecule has 1 aliphatic carbocycles. The van der Waals surface area contributed by atoms with Gasteiger partial charge in [-0.1, -0.05) is 0 Å². The second-order valence-corrected chi connectivity index (χ2v) is 2.66. The van der Waals surface area contributed by atoms with Gasteiger partial charge in [0.1, 0.15) is 6.04 Å². The van der Waals surface area contributed by atoms with Crippen LogP contribution in [0.2, 0.25) is 0 Å². The molecule has 0 bridgehead atoms. The van der Waals surface area contributed by atoms with E-state index in [1.54, 1.807) is 0 Å². The van der Waals surface area contributed by atoms with Crippen molar-refractivity contribution in [3.05, 3.63) is 0 Å². The van der Waals surface area contributed by atoms with Crippen molar-refractivity contribution in [3.63, 3.8) is 0 Å². The first-order valence-electron chi connectivity index (χ1n) is 3.40. The van der Waals surface area contributed by atoms with E-state index in [-0.39, 0.29) is 5.92 Å². The first-order valence-corrected chi connectivity index (χ1v) is 3.40. The summed E-state index contributed by atoms with van der Waals surface area (Å²) in [6.45, 7) is 0. The summed E-state index contributed by atoms with van der Waals surface area (Å²) in [6.07, 6.45) is 1.72. The summed E-state index contributed by atoms with van der Waals surface area (Å²) in [7, 11) is 0. The van der Waals surface area contributed by atoms with Crippen LogP contribution in [0, 0.1) is 5.92 Å². The Kier molecular flexibility index (Phi) is 1.98. The summed E-state index contributed by atoms with van der Waals surface area (Å²) in [5.74, 6) is -0.925. The summed E-state index contributed by atoms with van der Waals surface area (Å²) < 4.78 is 0. The number of hydrogen-bond acceptors (Lipinski definition) is 2. The van der Waals surface area contributed by atoms with Gasteiger partial charge in [0, 0.05) is 0 Å². The molecule has 11 heavy (non-hydrogen) atoms. The third-order valence-electron chi connectivity index (χ3n) is 1.66. The van der Waals surface area contributed by atoms with Crippen molar-refractivity contribution in [2.75, 3.05) is 0 Å². The van der Waals surface area contributed by atoms with Crippen LogP contribution in [0.4, 0.5) is 4.79 Å². The van der Waals surface area contributed by atoms with Gasteiger partial charge < -0.3 is 16.2 Å². The van der Waals surface area contributed by atoms with E-state index >= 15 is 0 Å². The molecule has 0 saturated heterocycles. The zero-order chi connectivity index (χ0) is 8.43. The maximum absolute atomic E-state index is 10.4. The molecule has 0 aliphatic heterocycles. The minimum atomic E-state index is -1.01. The molecule has 62 valence electrons. The van der Waals surface area contributed by atoms with Gasteiger partial charge in [-0.3, -0.25) is 0 Å². The number of aliphatic carboxylic acids is 1. The van der Waals surface area contributed by atoms with Crippen molar-refractivity contribution in [1.29, 1.82) is 0 Å². The van der Waals surface area contributed by atoms with Crippen LogP contribution in [0.1, 0.15) is 12.8 Å². The minimum absolute atomic E-state index is 0.0833. The predicted molar refractivity (Wildman–Crippen MR) is 36.9 cm³/mol. The van der Waals surface area contributed by atoms with Crippen molar-refractivity contribution in [1.82, 2.24) is 5.32 Å². The van der Waals surface area contributed by atoms with Gasteiger partial charge in [0.25, 0.3) is 0 Å². The molecule has 0 radical (unpaired) electrons. The van der Waals surface area contributed by atoms with E-state index in [1.807, 2.05) is 0 Å². The van der Waals surface area contributed by atoms with Crippen LogP contribution >= 0.6 is 0 Å². The van der Waals surface area contributed by atoms with E-state index in [4.69, 9.17) is 10.8 Å². The quantitative estimate of drug-likeness (QED) is 0.517. The largest absolute Gasteiger partial charge is 0.480 e. The lowest BCUT2D eigenvalue weighted by Gasteiger charge is -2.10. The second-order valence-electron chi connectivity index (χ2n) is 2.66. The Bertz CT molecular complexity index is 188. The predicted octanol–water partition coefficient (Wildman–Crippen LogP) is -0.482. The Morgan fingerprint density at radius 3 is 2.36 bits per heavy atom. The monoisotopic (exact) mass is 158 g/mol. The molecule has 1 fully saturated rings. The summed E-state index contributed by atoms with van der Waals surface area (Å²) in [4.78, 5) is 20.7. The van der Waals surface area contributed by atoms with Crippen LogP contribution in [0.3, 0.4) is 0 Å². The van der Waals surface area contributed by atoms with Crippen molar-refractivity contribution >= 4 is 12.0 Å². The molecule has 0 aromatic carbocycles. The van der Waals surface area contributed by atoms with Gasteiger partial charge in [-0.15, -0.1) is 0 Å². The summed E-state index contributed by atoms with van der Waals surface area (Å²) in [5.41, 5.74) is 4.78. The number of carboxylic acids is 1. The summed E-state index contributed by atoms with van der Waals surface area (Å²) >= 11 is 0. The number of carboxylic acid groups (broad SMARTS) is 1. The van der Waals surface area contributed by atoms with Gasteiger partial charge in [0.15, 0.2) is 0 Å². The number of nitrogens with two attached hydrogens (primary N) is 1. The fraction of sp³-hybridized carbons (Fsp3) is 0.667. The normalized spacial score (nSPS) is 18.9. The number of carbonyl (C=O) groups excluding carboxylic acids is 1. The average Bonchev–Trinajstić information content (AvgIpc) is 2.63. The maximum Gasteiger partial charge on any atom is 0.326 e. The number of carbonyl (C=O) groups is 2. The highest BCUT2D eigenvalue weighted by Crippen LogP contribution is 2.32. The number of nitrogens with one attached hydrogen (secondary N) is 1. The molecule has 1 unspecified atom stereocenters. The van der Waals surface area contributed by atoms with E-state index in [9.17, 15) is 9.59 Å². The highest BCUT2D eigenvalue weighted by atomic mass is 16.4. The Labute approximate surface area is 63.6 Å². The van der Waals surface area contributed by atoms with Crippen molar-refractivity contribution in [3.8, 4) is 0 Å². The lowest BCUT2D eigenvalue weighted by Crippen LogP contribution is -2.44. The Balaban J connectivity index is 2.45. The first kappa shape index (κ1) is 7.84. The van der Waals surface area contributed by atoms with Gasteiger partial charge >= 0.3 is 12.0 Å². The van der Waals surface area contributed by atoms with Gasteiger partial charge in [0.2, 0.25) is 0 Å². The molecule has 0 heterocycles. The molecule has 4 N–H and O–H groups in total. The highest BCUT2D eigenvalue weighted by Gasteiger charge is 2.36. The molecule has 1 atom stereocenters. The number of rotatable bonds is 3. The molecule has 5 heteroatoms. The zero-order valence-electron chi connectivity index (χ0n) is 5.91. The third-order valence-corrected chi connectivity index (χ3v) is 1.66. The van der Waals surface area contributed by atoms with Crippen molar-refractivity contribution in [2.45, 2.75) is 18.9 Å². The van der Waals surface area contributed by atoms with E-state index in [2.05, 4.69) is 5.32 Å². The number of urea groups is 1. The Hall–Kier alpha value is -1.26. The fourth-order valence-electron chi connectivity index (χ4n) is 0.964. The molecule has 5 nitrogen and oxygen atoms in total. The second kappa shape index (κ2) is 2.77. The van der Waals surface area contributed by atoms with Gasteiger partial charge in [-0.05, 0) is 18.8 Å². The molecule has 0 aromatic heterocycles. The molecule has 1 aliphatic rings. The van der Waals surface area contributed by atoms with Crippen LogP contribution in [-0.2, 0) is 4.79 Å². The molecule has 0 aromatic rings. The number of amides is 2. The van der Waals surface area contributed by atoms with E-state index < -0.39 is 18.0 Å². The van der Waals surface area contributed by atoms with E-state index in [0.717, 1.165) is 12.8 Å². The average molecular weight is 158 g/mol. The zero-order valence-corrected chi connectivity index (χ0v) is 5.91. The van der Waals surface area contributed by atoms with Crippen LogP contribution < -0.4 is 11.1 Å². The van der Waals surface area contributed by atoms with Crippen molar-refractivity contribution < 1.29 is 14.7 Å². The summed E-state index contributed by atoms with van der Waals surface area (Å²) in [6, 6.07) is -1.56. The molecule has 0 spiro atoms. The first-order chi connectivity index (χ1) is 5.11. The molecular formula is C6H10N2O3. The molecular weight excluding hydrogens is 148 g/mol. The lowest BCUT2D eigenvalue weighted by molar-refractivity contribution is -0.139.